The predicted molar refractivity (Wildman–Crippen MR) is 115 cm³/mol. The molecule has 0 spiro atoms. The summed E-state index contributed by atoms with van der Waals surface area (Å²) in [5, 5.41) is 10.8. The van der Waals surface area contributed by atoms with E-state index in [-0.39, 0.29) is 11.0 Å². The van der Waals surface area contributed by atoms with Gasteiger partial charge in [-0.2, -0.15) is 5.10 Å². The summed E-state index contributed by atoms with van der Waals surface area (Å²) in [5.41, 5.74) is 7.24. The number of amides is 3. The number of hydrogen-bond donors (Lipinski definition) is 3. The number of nitrogens with two attached hydrogens (primary N) is 1. The van der Waals surface area contributed by atoms with Gasteiger partial charge >= 0.3 is 6.03 Å². The summed E-state index contributed by atoms with van der Waals surface area (Å²) in [6.07, 6.45) is 0.610. The molecule has 158 valence electrons. The first-order valence-electron chi connectivity index (χ1n) is 9.59. The number of nitrogens with zero attached hydrogens (tertiary/aromatic N) is 2. The quantitative estimate of drug-likeness (QED) is 0.702. The number of urea groups is 1. The number of thiophene rings is 1. The second kappa shape index (κ2) is 7.46. The largest absolute Gasteiger partial charge is 0.376 e. The van der Waals surface area contributed by atoms with E-state index in [0.717, 1.165) is 16.1 Å². The highest BCUT2D eigenvalue weighted by Crippen LogP contribution is 2.36. The minimum absolute atomic E-state index is 0.157. The van der Waals surface area contributed by atoms with Gasteiger partial charge in [-0.15, -0.1) is 11.3 Å². The van der Waals surface area contributed by atoms with Crippen molar-refractivity contribution in [2.24, 2.45) is 5.73 Å². The second-order valence-electron chi connectivity index (χ2n) is 9.20. The van der Waals surface area contributed by atoms with Crippen LogP contribution in [0.1, 0.15) is 68.0 Å². The fraction of sp³-hybridized carbons (Fsp3) is 0.550. The lowest BCUT2D eigenvalue weighted by atomic mass is 9.92. The van der Waals surface area contributed by atoms with E-state index >= 15 is 0 Å². The molecule has 4 N–H and O–H groups in total. The first-order chi connectivity index (χ1) is 13.4. The Kier molecular flexibility index (Phi) is 5.48. The van der Waals surface area contributed by atoms with E-state index in [1.165, 1.54) is 11.3 Å². The van der Waals surface area contributed by atoms with Crippen LogP contribution in [0.25, 0.3) is 0 Å². The molecule has 0 aromatic carbocycles. The number of aromatic nitrogens is 2. The van der Waals surface area contributed by atoms with Crippen LogP contribution in [0.4, 0.5) is 15.6 Å². The zero-order chi connectivity index (χ0) is 21.6. The van der Waals surface area contributed by atoms with Gasteiger partial charge < -0.3 is 10.5 Å². The molecule has 2 aromatic heterocycles. The molecule has 0 bridgehead atoms. The van der Waals surface area contributed by atoms with Crippen LogP contribution in [0.3, 0.4) is 0 Å². The van der Waals surface area contributed by atoms with Crippen molar-refractivity contribution in [3.8, 4) is 0 Å². The van der Waals surface area contributed by atoms with Gasteiger partial charge in [0.2, 0.25) is 0 Å². The maximum Gasteiger partial charge on any atom is 0.325 e. The number of ether oxygens (including phenoxy) is 1. The summed E-state index contributed by atoms with van der Waals surface area (Å²) in [4.78, 5) is 25.7. The van der Waals surface area contributed by atoms with Crippen molar-refractivity contribution in [2.75, 3.05) is 17.2 Å². The van der Waals surface area contributed by atoms with Crippen LogP contribution in [0.5, 0.6) is 0 Å². The third kappa shape index (κ3) is 4.45. The van der Waals surface area contributed by atoms with Gasteiger partial charge in [0.1, 0.15) is 10.8 Å². The van der Waals surface area contributed by atoms with Crippen molar-refractivity contribution in [3.63, 3.8) is 0 Å². The van der Waals surface area contributed by atoms with Crippen LogP contribution in [0.2, 0.25) is 0 Å². The number of fused-ring (bicyclic) bond motifs is 1. The Bertz CT molecular complexity index is 947. The fourth-order valence-corrected chi connectivity index (χ4v) is 4.37. The monoisotopic (exact) mass is 419 g/mol. The highest BCUT2D eigenvalue weighted by molar-refractivity contribution is 7.17. The molecule has 1 aliphatic heterocycles. The van der Waals surface area contributed by atoms with E-state index < -0.39 is 11.9 Å². The number of primary amides is 1. The van der Waals surface area contributed by atoms with Crippen molar-refractivity contribution in [1.82, 2.24) is 9.78 Å². The Morgan fingerprint density at radius 1 is 1.21 bits per heavy atom. The van der Waals surface area contributed by atoms with Gasteiger partial charge in [0.05, 0.1) is 30.0 Å². The van der Waals surface area contributed by atoms with Crippen molar-refractivity contribution in [3.05, 3.63) is 27.8 Å². The smallest absolute Gasteiger partial charge is 0.325 e. The number of nitrogens with one attached hydrogen (secondary N) is 2. The molecular weight excluding hydrogens is 390 g/mol. The molecular formula is C20H29N5O3S. The third-order valence-electron chi connectivity index (χ3n) is 4.65. The average molecular weight is 420 g/mol. The molecule has 8 nitrogen and oxygen atoms in total. The van der Waals surface area contributed by atoms with E-state index in [2.05, 4.69) is 31.4 Å². The zero-order valence-corrected chi connectivity index (χ0v) is 18.6. The lowest BCUT2D eigenvalue weighted by molar-refractivity contribution is 0.0991. The summed E-state index contributed by atoms with van der Waals surface area (Å²) >= 11 is 1.33. The van der Waals surface area contributed by atoms with Crippen LogP contribution >= 0.6 is 11.3 Å². The van der Waals surface area contributed by atoms with Crippen molar-refractivity contribution in [2.45, 2.75) is 65.5 Å². The van der Waals surface area contributed by atoms with Crippen molar-refractivity contribution in [1.29, 1.82) is 0 Å². The summed E-state index contributed by atoms with van der Waals surface area (Å²) in [7, 11) is 0. The fourth-order valence-electron chi connectivity index (χ4n) is 3.18. The highest BCUT2D eigenvalue weighted by atomic mass is 32.1. The first-order valence-corrected chi connectivity index (χ1v) is 10.4. The van der Waals surface area contributed by atoms with Crippen LogP contribution in [0, 0.1) is 0 Å². The summed E-state index contributed by atoms with van der Waals surface area (Å²) < 4.78 is 7.25. The Hall–Kier alpha value is -2.39. The minimum Gasteiger partial charge on any atom is -0.376 e. The van der Waals surface area contributed by atoms with Gasteiger partial charge in [-0.05, 0) is 32.8 Å². The SMILES string of the molecule is CC(C)(C)c1cc(NC(=O)Nc2sc3c(c2C(N)=O)CCOC3)n(C(C)(C)C)n1. The van der Waals surface area contributed by atoms with Crippen molar-refractivity contribution < 1.29 is 14.3 Å². The maximum atomic E-state index is 12.8. The molecule has 0 saturated carbocycles. The third-order valence-corrected chi connectivity index (χ3v) is 5.77. The normalized spacial score (nSPS) is 14.4. The van der Waals surface area contributed by atoms with Crippen LogP contribution in [0.15, 0.2) is 6.07 Å². The topological polar surface area (TPSA) is 111 Å². The maximum absolute atomic E-state index is 12.8. The second-order valence-corrected chi connectivity index (χ2v) is 10.3. The van der Waals surface area contributed by atoms with E-state index in [9.17, 15) is 9.59 Å². The molecule has 2 aromatic rings. The van der Waals surface area contributed by atoms with Gasteiger partial charge in [-0.25, -0.2) is 9.48 Å². The first kappa shape index (κ1) is 21.3. The molecule has 0 unspecified atom stereocenters. The van der Waals surface area contributed by atoms with Gasteiger partial charge in [0.15, 0.2) is 0 Å². The number of hydrogen-bond acceptors (Lipinski definition) is 5. The van der Waals surface area contributed by atoms with Gasteiger partial charge in [-0.3, -0.25) is 15.4 Å². The van der Waals surface area contributed by atoms with E-state index in [1.807, 2.05) is 26.8 Å². The predicted octanol–water partition coefficient (Wildman–Crippen LogP) is 3.81. The Balaban J connectivity index is 1.88. The van der Waals surface area contributed by atoms with Crippen molar-refractivity contribution >= 4 is 34.1 Å². The average Bonchev–Trinajstić information content (AvgIpc) is 3.14. The van der Waals surface area contributed by atoms with Crippen LogP contribution < -0.4 is 16.4 Å². The summed E-state index contributed by atoms with van der Waals surface area (Å²) in [6.45, 7) is 13.2. The van der Waals surface area contributed by atoms with E-state index in [0.29, 0.717) is 36.0 Å². The molecule has 0 radical (unpaired) electrons. The molecule has 9 heteroatoms. The Morgan fingerprint density at radius 3 is 2.48 bits per heavy atom. The molecule has 1 aliphatic rings. The number of anilines is 2. The Labute approximate surface area is 174 Å². The lowest BCUT2D eigenvalue weighted by Crippen LogP contribution is -2.29. The zero-order valence-electron chi connectivity index (χ0n) is 17.8. The molecule has 0 saturated heterocycles. The van der Waals surface area contributed by atoms with E-state index in [1.54, 1.807) is 4.68 Å². The molecule has 0 aliphatic carbocycles. The molecule has 0 fully saturated rings. The molecule has 3 rings (SSSR count). The number of carbonyl (C=O) groups is 2. The molecule has 3 amide bonds. The van der Waals surface area contributed by atoms with Crippen LogP contribution in [-0.2, 0) is 28.7 Å². The lowest BCUT2D eigenvalue weighted by Gasteiger charge is -2.23. The van der Waals surface area contributed by atoms with Crippen LogP contribution in [-0.4, -0.2) is 28.3 Å². The number of rotatable bonds is 3. The minimum atomic E-state index is -0.547. The Morgan fingerprint density at radius 2 is 1.90 bits per heavy atom. The summed E-state index contributed by atoms with van der Waals surface area (Å²) in [5.74, 6) is 0.0413. The van der Waals surface area contributed by atoms with Gasteiger partial charge in [-0.1, -0.05) is 20.8 Å². The van der Waals surface area contributed by atoms with Gasteiger partial charge in [0, 0.05) is 16.4 Å². The molecule has 3 heterocycles. The summed E-state index contributed by atoms with van der Waals surface area (Å²) in [6, 6.07) is 1.44. The highest BCUT2D eigenvalue weighted by Gasteiger charge is 2.28. The van der Waals surface area contributed by atoms with E-state index in [4.69, 9.17) is 15.6 Å². The molecule has 0 atom stereocenters. The number of carbonyl (C=O) groups excluding carboxylic acids is 2. The standard InChI is InChI=1S/C20H29N5O3S/c1-19(2,3)13-9-14(25(24-13)20(4,5)6)22-18(27)23-17-15(16(21)26)11-7-8-28-10-12(11)29-17/h9H,7-8,10H2,1-6H3,(H2,21,26)(H2,22,23,27). The van der Waals surface area contributed by atoms with Gasteiger partial charge in [0.25, 0.3) is 5.91 Å². The molecule has 29 heavy (non-hydrogen) atoms.